The minimum atomic E-state index is 0. The Hall–Kier alpha value is -1.22. The summed E-state index contributed by atoms with van der Waals surface area (Å²) < 4.78 is 0. The van der Waals surface area contributed by atoms with Gasteiger partial charge in [0.05, 0.1) is 5.41 Å². The van der Waals surface area contributed by atoms with Gasteiger partial charge in [0.2, 0.25) is 5.91 Å². The van der Waals surface area contributed by atoms with E-state index in [1.807, 2.05) is 0 Å². The summed E-state index contributed by atoms with van der Waals surface area (Å²) in [5.41, 5.74) is 1.32. The molecule has 5 aliphatic rings. The van der Waals surface area contributed by atoms with Crippen LogP contribution >= 0.6 is 12.4 Å². The van der Waals surface area contributed by atoms with Crippen LogP contribution in [0, 0.1) is 23.2 Å². The zero-order chi connectivity index (χ0) is 16.1. The molecule has 1 aromatic carbocycles. The Labute approximate surface area is 157 Å². The smallest absolute Gasteiger partial charge is 0.228 e. The van der Waals surface area contributed by atoms with Crippen molar-refractivity contribution in [3.63, 3.8) is 0 Å². The van der Waals surface area contributed by atoms with E-state index >= 15 is 0 Å². The van der Waals surface area contributed by atoms with Gasteiger partial charge < -0.3 is 9.80 Å². The fourth-order valence-corrected chi connectivity index (χ4v) is 6.51. The standard InChI is InChI=1S/C21H28N2O.ClH/c24-20(21-13-16-10-17(14-21)12-18(11-16)15-21)23-8-6-22(7-9-23)19-4-2-1-3-5-19;/h1-5,16-18H,6-15H2;1H. The quantitative estimate of drug-likeness (QED) is 0.796. The van der Waals surface area contributed by atoms with Crippen LogP contribution in [0.3, 0.4) is 0 Å². The van der Waals surface area contributed by atoms with E-state index in [0.717, 1.165) is 43.9 Å². The van der Waals surface area contributed by atoms with Crippen molar-refractivity contribution >= 4 is 24.0 Å². The van der Waals surface area contributed by atoms with Gasteiger partial charge in [-0.05, 0) is 68.4 Å². The Morgan fingerprint density at radius 3 is 1.88 bits per heavy atom. The fourth-order valence-electron chi connectivity index (χ4n) is 6.51. The molecule has 1 aromatic rings. The first-order valence-electron chi connectivity index (χ1n) is 9.81. The molecule has 1 heterocycles. The molecule has 4 bridgehead atoms. The summed E-state index contributed by atoms with van der Waals surface area (Å²) in [5.74, 6) is 3.07. The van der Waals surface area contributed by atoms with Crippen LogP contribution in [-0.4, -0.2) is 37.0 Å². The van der Waals surface area contributed by atoms with Gasteiger partial charge in [0.25, 0.3) is 0 Å². The molecule has 1 saturated heterocycles. The van der Waals surface area contributed by atoms with Crippen LogP contribution in [-0.2, 0) is 4.79 Å². The first-order chi connectivity index (χ1) is 11.7. The van der Waals surface area contributed by atoms with E-state index in [9.17, 15) is 4.79 Å². The lowest BCUT2D eigenvalue weighted by molar-refractivity contribution is -0.158. The average molecular weight is 361 g/mol. The number of carbonyl (C=O) groups is 1. The van der Waals surface area contributed by atoms with Crippen molar-refractivity contribution in [3.05, 3.63) is 30.3 Å². The zero-order valence-corrected chi connectivity index (χ0v) is 15.7. The maximum atomic E-state index is 13.4. The van der Waals surface area contributed by atoms with Crippen molar-refractivity contribution in [1.29, 1.82) is 0 Å². The molecule has 4 saturated carbocycles. The minimum absolute atomic E-state index is 0. The highest BCUT2D eigenvalue weighted by Gasteiger charge is 2.55. The Bertz CT molecular complexity index is 589. The van der Waals surface area contributed by atoms with Gasteiger partial charge in [0.15, 0.2) is 0 Å². The fraction of sp³-hybridized carbons (Fsp3) is 0.667. The van der Waals surface area contributed by atoms with Crippen molar-refractivity contribution in [1.82, 2.24) is 4.90 Å². The third-order valence-corrected chi connectivity index (χ3v) is 7.18. The molecule has 0 atom stereocenters. The molecule has 136 valence electrons. The van der Waals surface area contributed by atoms with E-state index in [2.05, 4.69) is 40.1 Å². The monoisotopic (exact) mass is 360 g/mol. The van der Waals surface area contributed by atoms with Gasteiger partial charge >= 0.3 is 0 Å². The molecule has 1 aliphatic heterocycles. The van der Waals surface area contributed by atoms with Crippen molar-refractivity contribution in [3.8, 4) is 0 Å². The lowest BCUT2D eigenvalue weighted by Crippen LogP contribution is -2.58. The number of benzene rings is 1. The molecule has 5 fully saturated rings. The third-order valence-electron chi connectivity index (χ3n) is 7.18. The average Bonchev–Trinajstić information content (AvgIpc) is 2.61. The van der Waals surface area contributed by atoms with E-state index in [1.165, 1.54) is 44.2 Å². The number of anilines is 1. The van der Waals surface area contributed by atoms with Crippen LogP contribution in [0.5, 0.6) is 0 Å². The Kier molecular flexibility index (Phi) is 4.47. The van der Waals surface area contributed by atoms with Gasteiger partial charge in [-0.1, -0.05) is 18.2 Å². The van der Waals surface area contributed by atoms with Gasteiger partial charge in [0.1, 0.15) is 0 Å². The van der Waals surface area contributed by atoms with Crippen LogP contribution in [0.15, 0.2) is 30.3 Å². The number of nitrogens with zero attached hydrogens (tertiary/aromatic N) is 2. The summed E-state index contributed by atoms with van der Waals surface area (Å²) in [4.78, 5) is 18.0. The second-order valence-electron chi connectivity index (χ2n) is 8.81. The van der Waals surface area contributed by atoms with Crippen LogP contribution < -0.4 is 4.90 Å². The van der Waals surface area contributed by atoms with Gasteiger partial charge in [-0.25, -0.2) is 0 Å². The third kappa shape index (κ3) is 2.95. The maximum absolute atomic E-state index is 13.4. The number of amides is 1. The topological polar surface area (TPSA) is 23.6 Å². The molecule has 4 heteroatoms. The molecule has 1 amide bonds. The predicted octanol–water partition coefficient (Wildman–Crippen LogP) is 3.97. The number of halogens is 1. The van der Waals surface area contributed by atoms with Crippen LogP contribution in [0.25, 0.3) is 0 Å². The van der Waals surface area contributed by atoms with Crippen LogP contribution in [0.4, 0.5) is 5.69 Å². The molecular formula is C21H29ClN2O. The van der Waals surface area contributed by atoms with Gasteiger partial charge in [0, 0.05) is 31.9 Å². The highest BCUT2D eigenvalue weighted by atomic mass is 35.5. The first-order valence-corrected chi connectivity index (χ1v) is 9.81. The van der Waals surface area contributed by atoms with E-state index in [1.54, 1.807) is 0 Å². The lowest BCUT2D eigenvalue weighted by atomic mass is 9.49. The van der Waals surface area contributed by atoms with Crippen molar-refractivity contribution in [2.45, 2.75) is 38.5 Å². The Morgan fingerprint density at radius 1 is 0.840 bits per heavy atom. The van der Waals surface area contributed by atoms with Crippen molar-refractivity contribution in [2.24, 2.45) is 23.2 Å². The summed E-state index contributed by atoms with van der Waals surface area (Å²) in [7, 11) is 0. The predicted molar refractivity (Wildman–Crippen MR) is 103 cm³/mol. The van der Waals surface area contributed by atoms with E-state index in [0.29, 0.717) is 5.91 Å². The summed E-state index contributed by atoms with van der Waals surface area (Å²) in [5, 5.41) is 0. The zero-order valence-electron chi connectivity index (χ0n) is 14.9. The number of piperazine rings is 1. The molecular weight excluding hydrogens is 332 g/mol. The van der Waals surface area contributed by atoms with Gasteiger partial charge in [-0.3, -0.25) is 4.79 Å². The summed E-state index contributed by atoms with van der Waals surface area (Å²) in [6, 6.07) is 10.6. The van der Waals surface area contributed by atoms with Crippen LogP contribution in [0.2, 0.25) is 0 Å². The molecule has 0 radical (unpaired) electrons. The molecule has 0 unspecified atom stereocenters. The normalized spacial score (nSPS) is 36.2. The van der Waals surface area contributed by atoms with Gasteiger partial charge in [-0.15, -0.1) is 12.4 Å². The second kappa shape index (κ2) is 6.50. The largest absolute Gasteiger partial charge is 0.368 e. The summed E-state index contributed by atoms with van der Waals surface area (Å²) in [6.45, 7) is 3.75. The maximum Gasteiger partial charge on any atom is 0.228 e. The second-order valence-corrected chi connectivity index (χ2v) is 8.81. The Morgan fingerprint density at radius 2 is 1.36 bits per heavy atom. The highest BCUT2D eigenvalue weighted by Crippen LogP contribution is 2.60. The van der Waals surface area contributed by atoms with E-state index in [-0.39, 0.29) is 17.8 Å². The number of hydrogen-bond acceptors (Lipinski definition) is 2. The number of carbonyl (C=O) groups excluding carboxylic acids is 1. The molecule has 3 nitrogen and oxygen atoms in total. The SMILES string of the molecule is Cl.O=C(N1CCN(c2ccccc2)CC1)C12CC3CC(CC(C3)C1)C2. The van der Waals surface area contributed by atoms with Crippen LogP contribution in [0.1, 0.15) is 38.5 Å². The molecule has 4 aliphatic carbocycles. The minimum Gasteiger partial charge on any atom is -0.368 e. The first kappa shape index (κ1) is 17.2. The number of para-hydroxylation sites is 1. The van der Waals surface area contributed by atoms with E-state index < -0.39 is 0 Å². The van der Waals surface area contributed by atoms with E-state index in [4.69, 9.17) is 0 Å². The number of hydrogen-bond donors (Lipinski definition) is 0. The molecule has 0 aromatic heterocycles. The highest BCUT2D eigenvalue weighted by molar-refractivity contribution is 5.85. The van der Waals surface area contributed by atoms with Crippen molar-refractivity contribution < 1.29 is 4.79 Å². The molecule has 6 rings (SSSR count). The Balaban J connectivity index is 0.00000157. The summed E-state index contributed by atoms with van der Waals surface area (Å²) >= 11 is 0. The molecule has 0 N–H and O–H groups in total. The van der Waals surface area contributed by atoms with Gasteiger partial charge in [-0.2, -0.15) is 0 Å². The summed E-state index contributed by atoms with van der Waals surface area (Å²) in [6.07, 6.45) is 7.81. The van der Waals surface area contributed by atoms with Crippen molar-refractivity contribution in [2.75, 3.05) is 31.1 Å². The number of rotatable bonds is 2. The molecule has 25 heavy (non-hydrogen) atoms. The lowest BCUT2D eigenvalue weighted by Gasteiger charge is -2.57. The molecule has 0 spiro atoms.